The molecule has 2 aromatic heterocycles. The van der Waals surface area contributed by atoms with Crippen LogP contribution in [0.4, 0.5) is 10.2 Å². The maximum absolute atomic E-state index is 13.0. The van der Waals surface area contributed by atoms with Crippen molar-refractivity contribution in [3.8, 4) is 11.3 Å². The lowest BCUT2D eigenvalue weighted by molar-refractivity contribution is -0.116. The van der Waals surface area contributed by atoms with E-state index >= 15 is 0 Å². The lowest BCUT2D eigenvalue weighted by Crippen LogP contribution is -2.17. The summed E-state index contributed by atoms with van der Waals surface area (Å²) in [6.07, 6.45) is 4.80. The van der Waals surface area contributed by atoms with Gasteiger partial charge in [0.1, 0.15) is 11.6 Å². The molecule has 0 saturated heterocycles. The highest BCUT2D eigenvalue weighted by molar-refractivity contribution is 5.89. The lowest BCUT2D eigenvalue weighted by atomic mass is 10.2. The molecule has 0 bridgehead atoms. The molecule has 0 spiro atoms. The Hall–Kier alpha value is -2.96. The molecule has 1 unspecified atom stereocenters. The van der Waals surface area contributed by atoms with E-state index in [9.17, 15) is 9.18 Å². The summed E-state index contributed by atoms with van der Waals surface area (Å²) in [5, 5.41) is 7.12. The molecule has 1 aromatic carbocycles. The fourth-order valence-electron chi connectivity index (χ4n) is 2.54. The van der Waals surface area contributed by atoms with Gasteiger partial charge in [0, 0.05) is 24.5 Å². The summed E-state index contributed by atoms with van der Waals surface area (Å²) in [5.41, 5.74) is 0.743. The Bertz CT molecular complexity index is 870. The van der Waals surface area contributed by atoms with Gasteiger partial charge in [-0.05, 0) is 37.6 Å². The number of nitrogens with one attached hydrogen (secondary N) is 1. The third kappa shape index (κ3) is 4.17. The van der Waals surface area contributed by atoms with Crippen LogP contribution < -0.4 is 5.32 Å². The van der Waals surface area contributed by atoms with Crippen molar-refractivity contribution in [2.24, 2.45) is 0 Å². The molecule has 2 heterocycles. The number of amides is 1. The van der Waals surface area contributed by atoms with E-state index in [0.29, 0.717) is 23.9 Å². The van der Waals surface area contributed by atoms with E-state index in [0.717, 1.165) is 12.0 Å². The summed E-state index contributed by atoms with van der Waals surface area (Å²) in [6.45, 7) is 4.12. The number of aromatic nitrogens is 3. The van der Waals surface area contributed by atoms with Gasteiger partial charge < -0.3 is 9.73 Å². The standard InChI is InChI=1S/C19H21FN4O2/c1-3-13(2)24-17(10-11-22-24)23-18(25)8-9-19-21-12-16(26-19)14-4-6-15(20)7-5-14/h4-7,10-13H,3,8-9H2,1-2H3,(H,23,25). The fourth-order valence-corrected chi connectivity index (χ4v) is 2.54. The smallest absolute Gasteiger partial charge is 0.226 e. The quantitative estimate of drug-likeness (QED) is 0.688. The molecule has 1 N–H and O–H groups in total. The molecule has 3 aromatic rings. The van der Waals surface area contributed by atoms with Crippen molar-refractivity contribution in [3.05, 3.63) is 54.4 Å². The van der Waals surface area contributed by atoms with E-state index in [1.165, 1.54) is 12.1 Å². The first-order chi connectivity index (χ1) is 12.6. The van der Waals surface area contributed by atoms with Gasteiger partial charge in [0.2, 0.25) is 5.91 Å². The minimum absolute atomic E-state index is 0.128. The molecule has 0 radical (unpaired) electrons. The zero-order valence-corrected chi connectivity index (χ0v) is 14.8. The molecule has 0 fully saturated rings. The van der Waals surface area contributed by atoms with Gasteiger partial charge in [-0.25, -0.2) is 14.1 Å². The number of hydrogen-bond acceptors (Lipinski definition) is 4. The number of rotatable bonds is 7. The van der Waals surface area contributed by atoms with Crippen LogP contribution in [0.1, 0.15) is 38.6 Å². The van der Waals surface area contributed by atoms with Crippen LogP contribution in [0.2, 0.25) is 0 Å². The molecule has 3 rings (SSSR count). The first-order valence-electron chi connectivity index (χ1n) is 8.61. The zero-order valence-electron chi connectivity index (χ0n) is 14.8. The SMILES string of the molecule is CCC(C)n1nccc1NC(=O)CCc1ncc(-c2ccc(F)cc2)o1. The third-order valence-electron chi connectivity index (χ3n) is 4.19. The predicted octanol–water partition coefficient (Wildman–Crippen LogP) is 4.22. The van der Waals surface area contributed by atoms with Gasteiger partial charge in [-0.1, -0.05) is 6.92 Å². The Balaban J connectivity index is 1.57. The molecule has 0 aliphatic heterocycles. The molecule has 0 aliphatic rings. The summed E-state index contributed by atoms with van der Waals surface area (Å²) in [6, 6.07) is 7.98. The summed E-state index contributed by atoms with van der Waals surface area (Å²) in [7, 11) is 0. The van der Waals surface area contributed by atoms with Gasteiger partial charge in [-0.15, -0.1) is 0 Å². The van der Waals surface area contributed by atoms with E-state index < -0.39 is 0 Å². The number of oxazole rings is 1. The van der Waals surface area contributed by atoms with E-state index in [4.69, 9.17) is 4.42 Å². The van der Waals surface area contributed by atoms with Crippen molar-refractivity contribution in [1.29, 1.82) is 0 Å². The van der Waals surface area contributed by atoms with Crippen LogP contribution in [-0.4, -0.2) is 20.7 Å². The first kappa shape index (κ1) is 17.8. The van der Waals surface area contributed by atoms with Gasteiger partial charge in [-0.2, -0.15) is 5.10 Å². The number of anilines is 1. The van der Waals surface area contributed by atoms with Crippen LogP contribution in [0.3, 0.4) is 0 Å². The van der Waals surface area contributed by atoms with Crippen molar-refractivity contribution in [1.82, 2.24) is 14.8 Å². The van der Waals surface area contributed by atoms with E-state index in [2.05, 4.69) is 22.3 Å². The predicted molar refractivity (Wildman–Crippen MR) is 96.1 cm³/mol. The normalized spacial score (nSPS) is 12.1. The average molecular weight is 356 g/mol. The van der Waals surface area contributed by atoms with E-state index in [-0.39, 0.29) is 24.2 Å². The van der Waals surface area contributed by atoms with E-state index in [1.54, 1.807) is 35.3 Å². The molecule has 0 saturated carbocycles. The van der Waals surface area contributed by atoms with Gasteiger partial charge in [0.05, 0.1) is 18.4 Å². The molecule has 1 atom stereocenters. The second kappa shape index (κ2) is 7.95. The average Bonchev–Trinajstić information content (AvgIpc) is 3.29. The van der Waals surface area contributed by atoms with Crippen molar-refractivity contribution in [2.75, 3.05) is 5.32 Å². The third-order valence-corrected chi connectivity index (χ3v) is 4.19. The van der Waals surface area contributed by atoms with Gasteiger partial charge in [-0.3, -0.25) is 4.79 Å². The largest absolute Gasteiger partial charge is 0.441 e. The minimum atomic E-state index is -0.304. The monoisotopic (exact) mass is 356 g/mol. The van der Waals surface area contributed by atoms with Gasteiger partial charge in [0.25, 0.3) is 0 Å². The van der Waals surface area contributed by atoms with Crippen LogP contribution in [0, 0.1) is 5.82 Å². The van der Waals surface area contributed by atoms with Crippen LogP contribution in [-0.2, 0) is 11.2 Å². The Morgan fingerprint density at radius 1 is 1.31 bits per heavy atom. The van der Waals surface area contributed by atoms with Crippen LogP contribution in [0.15, 0.2) is 47.1 Å². The Morgan fingerprint density at radius 2 is 2.08 bits per heavy atom. The van der Waals surface area contributed by atoms with Crippen molar-refractivity contribution in [2.45, 2.75) is 39.2 Å². The van der Waals surface area contributed by atoms with Crippen LogP contribution in [0.5, 0.6) is 0 Å². The lowest BCUT2D eigenvalue weighted by Gasteiger charge is -2.13. The topological polar surface area (TPSA) is 73.0 Å². The summed E-state index contributed by atoms with van der Waals surface area (Å²) in [5.74, 6) is 1.27. The van der Waals surface area contributed by atoms with Crippen molar-refractivity contribution >= 4 is 11.7 Å². The number of hydrogen-bond donors (Lipinski definition) is 1. The fraction of sp³-hybridized carbons (Fsp3) is 0.316. The molecule has 1 amide bonds. The maximum atomic E-state index is 13.0. The molecular formula is C19H21FN4O2. The molecule has 26 heavy (non-hydrogen) atoms. The molecule has 0 aliphatic carbocycles. The Morgan fingerprint density at radius 3 is 2.81 bits per heavy atom. The highest BCUT2D eigenvalue weighted by Crippen LogP contribution is 2.21. The summed E-state index contributed by atoms with van der Waals surface area (Å²) < 4.78 is 20.4. The highest BCUT2D eigenvalue weighted by Gasteiger charge is 2.13. The number of carbonyl (C=O) groups excluding carboxylic acids is 1. The second-order valence-electron chi connectivity index (χ2n) is 6.09. The number of benzene rings is 1. The second-order valence-corrected chi connectivity index (χ2v) is 6.09. The van der Waals surface area contributed by atoms with Crippen LogP contribution >= 0.6 is 0 Å². The molecule has 7 heteroatoms. The molecule has 136 valence electrons. The van der Waals surface area contributed by atoms with Crippen molar-refractivity contribution < 1.29 is 13.6 Å². The summed E-state index contributed by atoms with van der Waals surface area (Å²) >= 11 is 0. The number of aryl methyl sites for hydroxylation is 1. The van der Waals surface area contributed by atoms with Gasteiger partial charge >= 0.3 is 0 Å². The Kier molecular flexibility index (Phi) is 5.46. The maximum Gasteiger partial charge on any atom is 0.226 e. The van der Waals surface area contributed by atoms with Crippen LogP contribution in [0.25, 0.3) is 11.3 Å². The Labute approximate surface area is 151 Å². The molecular weight excluding hydrogens is 335 g/mol. The number of halogens is 1. The zero-order chi connectivity index (χ0) is 18.5. The molecule has 6 nitrogen and oxygen atoms in total. The van der Waals surface area contributed by atoms with Crippen molar-refractivity contribution in [3.63, 3.8) is 0 Å². The van der Waals surface area contributed by atoms with Gasteiger partial charge in [0.15, 0.2) is 11.7 Å². The summed E-state index contributed by atoms with van der Waals surface area (Å²) in [4.78, 5) is 16.4. The number of nitrogens with zero attached hydrogens (tertiary/aromatic N) is 3. The van der Waals surface area contributed by atoms with E-state index in [1.807, 2.05) is 6.92 Å². The first-order valence-corrected chi connectivity index (χ1v) is 8.61. The minimum Gasteiger partial charge on any atom is -0.441 e. The number of carbonyl (C=O) groups is 1. The highest BCUT2D eigenvalue weighted by atomic mass is 19.1.